The molecule has 1 N–H and O–H groups in total. The van der Waals surface area contributed by atoms with Crippen molar-refractivity contribution in [2.24, 2.45) is 0 Å². The van der Waals surface area contributed by atoms with Crippen LogP contribution in [0.25, 0.3) is 0 Å². The Morgan fingerprint density at radius 2 is 1.89 bits per heavy atom. The van der Waals surface area contributed by atoms with Crippen molar-refractivity contribution in [3.8, 4) is 0 Å². The number of aromatic nitrogens is 2. The maximum absolute atomic E-state index is 11.6. The van der Waals surface area contributed by atoms with Gasteiger partial charge in [-0.1, -0.05) is 0 Å². The molecular weight excluding hydrogens is 250 g/mol. The van der Waals surface area contributed by atoms with Crippen LogP contribution >= 0.6 is 0 Å². The molecule has 18 heavy (non-hydrogen) atoms. The zero-order valence-corrected chi connectivity index (χ0v) is 11.3. The summed E-state index contributed by atoms with van der Waals surface area (Å²) in [6.07, 6.45) is 2.07. The van der Waals surface area contributed by atoms with E-state index < -0.39 is 9.84 Å². The van der Waals surface area contributed by atoms with E-state index in [0.29, 0.717) is 5.92 Å². The van der Waals surface area contributed by atoms with Gasteiger partial charge in [0.1, 0.15) is 5.82 Å². The first kappa shape index (κ1) is 12.0. The first-order valence-electron chi connectivity index (χ1n) is 6.32. The van der Waals surface area contributed by atoms with Crippen LogP contribution in [0.1, 0.15) is 41.5 Å². The van der Waals surface area contributed by atoms with Gasteiger partial charge in [0.25, 0.3) is 0 Å². The Morgan fingerprint density at radius 1 is 1.17 bits per heavy atom. The number of nitrogens with one attached hydrogen (secondary N) is 1. The minimum atomic E-state index is -2.99. The molecule has 0 saturated carbocycles. The Hall–Kier alpha value is -1.01. The highest BCUT2D eigenvalue weighted by molar-refractivity contribution is 7.90. The predicted octanol–water partition coefficient (Wildman–Crippen LogP) is 0.680. The van der Waals surface area contributed by atoms with Crippen LogP contribution in [0.4, 0.5) is 0 Å². The first-order chi connectivity index (χ1) is 8.55. The van der Waals surface area contributed by atoms with Gasteiger partial charge in [-0.25, -0.2) is 18.4 Å². The zero-order valence-electron chi connectivity index (χ0n) is 10.4. The van der Waals surface area contributed by atoms with E-state index in [0.717, 1.165) is 48.7 Å². The molecule has 1 fully saturated rings. The molecule has 2 aliphatic rings. The third kappa shape index (κ3) is 2.14. The second-order valence-electron chi connectivity index (χ2n) is 5.15. The van der Waals surface area contributed by atoms with Crippen LogP contribution in [0.3, 0.4) is 0 Å². The Kier molecular flexibility index (Phi) is 2.86. The fourth-order valence-corrected chi connectivity index (χ4v) is 4.30. The molecule has 0 atom stereocenters. The molecule has 2 aliphatic heterocycles. The Labute approximate surface area is 107 Å². The summed E-state index contributed by atoms with van der Waals surface area (Å²) >= 11 is 0. The van der Waals surface area contributed by atoms with Crippen LogP contribution < -0.4 is 5.32 Å². The lowest BCUT2D eigenvalue weighted by Crippen LogP contribution is -2.27. The van der Waals surface area contributed by atoms with E-state index in [9.17, 15) is 8.42 Å². The average molecular weight is 267 g/mol. The van der Waals surface area contributed by atoms with Gasteiger partial charge in [0.05, 0.1) is 17.2 Å². The van der Waals surface area contributed by atoms with Crippen LogP contribution in [0.15, 0.2) is 0 Å². The van der Waals surface area contributed by atoms with Gasteiger partial charge in [-0.05, 0) is 32.9 Å². The molecule has 0 aromatic carbocycles. The second kappa shape index (κ2) is 4.28. The van der Waals surface area contributed by atoms with E-state index in [2.05, 4.69) is 15.3 Å². The number of rotatable bonds is 1. The van der Waals surface area contributed by atoms with Gasteiger partial charge in [0.15, 0.2) is 9.84 Å². The monoisotopic (exact) mass is 267 g/mol. The highest BCUT2D eigenvalue weighted by Gasteiger charge is 2.30. The highest BCUT2D eigenvalue weighted by Crippen LogP contribution is 2.29. The SMILES string of the molecule is Cc1nc(C2CCNCC2)nc2c1CS(=O)(=O)C2. The molecule has 3 rings (SSSR count). The second-order valence-corrected chi connectivity index (χ2v) is 7.21. The molecule has 0 amide bonds. The molecule has 0 aliphatic carbocycles. The number of hydrogen-bond donors (Lipinski definition) is 1. The van der Waals surface area contributed by atoms with E-state index in [1.807, 2.05) is 6.92 Å². The minimum Gasteiger partial charge on any atom is -0.317 e. The van der Waals surface area contributed by atoms with Crippen molar-refractivity contribution >= 4 is 9.84 Å². The third-order valence-corrected chi connectivity index (χ3v) is 5.18. The van der Waals surface area contributed by atoms with E-state index in [-0.39, 0.29) is 11.5 Å². The fraction of sp³-hybridized carbons (Fsp3) is 0.667. The van der Waals surface area contributed by atoms with Gasteiger partial charge in [-0.2, -0.15) is 0 Å². The van der Waals surface area contributed by atoms with Gasteiger partial charge in [-0.3, -0.25) is 0 Å². The number of hydrogen-bond acceptors (Lipinski definition) is 5. The summed E-state index contributed by atoms with van der Waals surface area (Å²) < 4.78 is 23.3. The molecule has 98 valence electrons. The standard InChI is InChI=1S/C12H17N3O2S/c1-8-10-6-18(16,17)7-11(10)15-12(14-8)9-2-4-13-5-3-9/h9,13H,2-7H2,1H3. The molecular formula is C12H17N3O2S. The van der Waals surface area contributed by atoms with Crippen LogP contribution in [-0.4, -0.2) is 31.5 Å². The van der Waals surface area contributed by atoms with Crippen molar-refractivity contribution in [2.75, 3.05) is 13.1 Å². The number of fused-ring (bicyclic) bond motifs is 1. The predicted molar refractivity (Wildman–Crippen MR) is 67.9 cm³/mol. The highest BCUT2D eigenvalue weighted by atomic mass is 32.2. The van der Waals surface area contributed by atoms with Crippen LogP contribution in [0.5, 0.6) is 0 Å². The largest absolute Gasteiger partial charge is 0.317 e. The van der Waals surface area contributed by atoms with Crippen molar-refractivity contribution in [2.45, 2.75) is 37.2 Å². The van der Waals surface area contributed by atoms with Crippen LogP contribution in [0, 0.1) is 6.92 Å². The number of aryl methyl sites for hydroxylation is 1. The molecule has 3 heterocycles. The van der Waals surface area contributed by atoms with Crippen LogP contribution in [-0.2, 0) is 21.3 Å². The van der Waals surface area contributed by atoms with Crippen molar-refractivity contribution < 1.29 is 8.42 Å². The summed E-state index contributed by atoms with van der Waals surface area (Å²) in [6.45, 7) is 3.87. The fourth-order valence-electron chi connectivity index (χ4n) is 2.73. The third-order valence-electron chi connectivity index (χ3n) is 3.74. The molecule has 0 bridgehead atoms. The van der Waals surface area contributed by atoms with Gasteiger partial charge in [-0.15, -0.1) is 0 Å². The van der Waals surface area contributed by atoms with Gasteiger partial charge >= 0.3 is 0 Å². The molecule has 1 saturated heterocycles. The molecule has 1 aromatic heterocycles. The quantitative estimate of drug-likeness (QED) is 0.810. The van der Waals surface area contributed by atoms with Crippen molar-refractivity contribution in [1.29, 1.82) is 0 Å². The first-order valence-corrected chi connectivity index (χ1v) is 8.15. The molecule has 5 nitrogen and oxygen atoms in total. The molecule has 0 spiro atoms. The topological polar surface area (TPSA) is 72.0 Å². The Morgan fingerprint density at radius 3 is 2.61 bits per heavy atom. The number of piperidine rings is 1. The summed E-state index contributed by atoms with van der Waals surface area (Å²) in [6, 6.07) is 0. The summed E-state index contributed by atoms with van der Waals surface area (Å²) in [5.74, 6) is 1.41. The smallest absolute Gasteiger partial charge is 0.160 e. The van der Waals surface area contributed by atoms with Crippen LogP contribution in [0.2, 0.25) is 0 Å². The lowest BCUT2D eigenvalue weighted by atomic mass is 9.97. The minimum absolute atomic E-state index is 0.0870. The lowest BCUT2D eigenvalue weighted by Gasteiger charge is -2.22. The van der Waals surface area contributed by atoms with Gasteiger partial charge in [0, 0.05) is 17.2 Å². The maximum atomic E-state index is 11.6. The number of sulfone groups is 1. The molecule has 0 unspecified atom stereocenters. The van der Waals surface area contributed by atoms with E-state index in [4.69, 9.17) is 0 Å². The van der Waals surface area contributed by atoms with Crippen molar-refractivity contribution in [3.05, 3.63) is 22.8 Å². The maximum Gasteiger partial charge on any atom is 0.160 e. The summed E-state index contributed by atoms with van der Waals surface area (Å²) in [7, 11) is -2.99. The Balaban J connectivity index is 1.97. The summed E-state index contributed by atoms with van der Waals surface area (Å²) in [5.41, 5.74) is 2.40. The molecule has 0 radical (unpaired) electrons. The zero-order chi connectivity index (χ0) is 12.8. The van der Waals surface area contributed by atoms with Gasteiger partial charge < -0.3 is 5.32 Å². The summed E-state index contributed by atoms with van der Waals surface area (Å²) in [5, 5.41) is 3.31. The normalized spacial score (nSPS) is 22.9. The van der Waals surface area contributed by atoms with Gasteiger partial charge in [0.2, 0.25) is 0 Å². The van der Waals surface area contributed by atoms with E-state index >= 15 is 0 Å². The van der Waals surface area contributed by atoms with Crippen molar-refractivity contribution in [3.63, 3.8) is 0 Å². The lowest BCUT2D eigenvalue weighted by molar-refractivity contribution is 0.443. The Bertz CT molecular complexity index is 577. The number of nitrogens with zero attached hydrogens (tertiary/aromatic N) is 2. The molecule has 6 heteroatoms. The van der Waals surface area contributed by atoms with E-state index in [1.165, 1.54) is 0 Å². The average Bonchev–Trinajstić information content (AvgIpc) is 2.65. The van der Waals surface area contributed by atoms with E-state index in [1.54, 1.807) is 0 Å². The summed E-state index contributed by atoms with van der Waals surface area (Å²) in [4.78, 5) is 9.05. The molecule has 1 aromatic rings. The van der Waals surface area contributed by atoms with Crippen molar-refractivity contribution in [1.82, 2.24) is 15.3 Å².